The van der Waals surface area contributed by atoms with Gasteiger partial charge in [-0.15, -0.1) is 0 Å². The first-order valence-electron chi connectivity index (χ1n) is 7.34. The summed E-state index contributed by atoms with van der Waals surface area (Å²) in [6.45, 7) is -0.0623. The van der Waals surface area contributed by atoms with Crippen molar-refractivity contribution in [2.45, 2.75) is 6.54 Å². The van der Waals surface area contributed by atoms with Crippen molar-refractivity contribution in [1.29, 1.82) is 0 Å². The van der Waals surface area contributed by atoms with Crippen molar-refractivity contribution in [3.8, 4) is 17.1 Å². The molecule has 0 spiro atoms. The summed E-state index contributed by atoms with van der Waals surface area (Å²) in [5, 5.41) is 7.58. The Hall–Kier alpha value is -2.57. The molecule has 1 amide bonds. The van der Waals surface area contributed by atoms with E-state index in [1.54, 1.807) is 48.5 Å². The second kappa shape index (κ2) is 8.00. The SMILES string of the molecule is O=C(COc1ccccc1Cl)NCc1nc(-c2ccc(Cl)cc2)no1. The minimum absolute atomic E-state index is 0.102. The Kier molecular flexibility index (Phi) is 5.53. The molecular formula is C17H13Cl2N3O3. The zero-order valence-corrected chi connectivity index (χ0v) is 14.4. The molecule has 0 unspecified atom stereocenters. The third-order valence-corrected chi connectivity index (χ3v) is 3.77. The van der Waals surface area contributed by atoms with E-state index in [0.717, 1.165) is 5.56 Å². The van der Waals surface area contributed by atoms with Crippen molar-refractivity contribution in [2.75, 3.05) is 6.61 Å². The van der Waals surface area contributed by atoms with E-state index in [2.05, 4.69) is 15.5 Å². The number of para-hydroxylation sites is 1. The van der Waals surface area contributed by atoms with Crippen LogP contribution in [-0.2, 0) is 11.3 Å². The molecule has 25 heavy (non-hydrogen) atoms. The first kappa shape index (κ1) is 17.3. The van der Waals surface area contributed by atoms with Crippen molar-refractivity contribution in [3.63, 3.8) is 0 Å². The molecule has 1 aromatic heterocycles. The predicted octanol–water partition coefficient (Wildman–Crippen LogP) is 3.74. The van der Waals surface area contributed by atoms with Crippen LogP contribution in [0.2, 0.25) is 10.0 Å². The summed E-state index contributed by atoms with van der Waals surface area (Å²) in [5.41, 5.74) is 0.771. The molecule has 0 aliphatic heterocycles. The molecular weight excluding hydrogens is 365 g/mol. The fraction of sp³-hybridized carbons (Fsp3) is 0.118. The lowest BCUT2D eigenvalue weighted by molar-refractivity contribution is -0.123. The number of halogens is 2. The monoisotopic (exact) mass is 377 g/mol. The average molecular weight is 378 g/mol. The number of hydrogen-bond donors (Lipinski definition) is 1. The number of carbonyl (C=O) groups excluding carboxylic acids is 1. The Morgan fingerprint density at radius 3 is 2.64 bits per heavy atom. The van der Waals surface area contributed by atoms with Crippen LogP contribution in [0.4, 0.5) is 0 Å². The van der Waals surface area contributed by atoms with Crippen LogP contribution in [0.3, 0.4) is 0 Å². The number of amides is 1. The van der Waals surface area contributed by atoms with Crippen LogP contribution in [0, 0.1) is 0 Å². The smallest absolute Gasteiger partial charge is 0.258 e. The maximum Gasteiger partial charge on any atom is 0.258 e. The molecule has 8 heteroatoms. The topological polar surface area (TPSA) is 77.2 Å². The van der Waals surface area contributed by atoms with E-state index in [0.29, 0.717) is 21.6 Å². The number of nitrogens with zero attached hydrogens (tertiary/aromatic N) is 2. The largest absolute Gasteiger partial charge is 0.482 e. The summed E-state index contributed by atoms with van der Waals surface area (Å²) < 4.78 is 10.5. The van der Waals surface area contributed by atoms with E-state index in [9.17, 15) is 4.79 Å². The van der Waals surface area contributed by atoms with Crippen LogP contribution < -0.4 is 10.1 Å². The second-order valence-electron chi connectivity index (χ2n) is 5.01. The van der Waals surface area contributed by atoms with E-state index < -0.39 is 0 Å². The third kappa shape index (κ3) is 4.71. The quantitative estimate of drug-likeness (QED) is 0.707. The Labute approximate surface area is 153 Å². The molecule has 0 aliphatic carbocycles. The van der Waals surface area contributed by atoms with Crippen molar-refractivity contribution < 1.29 is 14.1 Å². The zero-order chi connectivity index (χ0) is 17.6. The van der Waals surface area contributed by atoms with Gasteiger partial charge < -0.3 is 14.6 Å². The molecule has 6 nitrogen and oxygen atoms in total. The van der Waals surface area contributed by atoms with Crippen LogP contribution >= 0.6 is 23.2 Å². The van der Waals surface area contributed by atoms with Crippen LogP contribution in [0.5, 0.6) is 5.75 Å². The molecule has 0 radical (unpaired) electrons. The number of benzene rings is 2. The van der Waals surface area contributed by atoms with Crippen LogP contribution in [0.15, 0.2) is 53.1 Å². The van der Waals surface area contributed by atoms with E-state index >= 15 is 0 Å². The van der Waals surface area contributed by atoms with Gasteiger partial charge in [0.25, 0.3) is 5.91 Å². The summed E-state index contributed by atoms with van der Waals surface area (Å²) >= 11 is 11.8. The Morgan fingerprint density at radius 1 is 1.12 bits per heavy atom. The number of nitrogens with one attached hydrogen (secondary N) is 1. The molecule has 3 aromatic rings. The highest BCUT2D eigenvalue weighted by Crippen LogP contribution is 2.22. The van der Waals surface area contributed by atoms with Gasteiger partial charge in [-0.3, -0.25) is 4.79 Å². The average Bonchev–Trinajstić information content (AvgIpc) is 3.09. The predicted molar refractivity (Wildman–Crippen MR) is 93.5 cm³/mol. The molecule has 1 N–H and O–H groups in total. The molecule has 0 saturated carbocycles. The molecule has 0 bridgehead atoms. The minimum Gasteiger partial charge on any atom is -0.482 e. The molecule has 3 rings (SSSR count). The van der Waals surface area contributed by atoms with Crippen molar-refractivity contribution in [3.05, 3.63) is 64.5 Å². The van der Waals surface area contributed by atoms with E-state index in [1.807, 2.05) is 0 Å². The fourth-order valence-corrected chi connectivity index (χ4v) is 2.29. The summed E-state index contributed by atoms with van der Waals surface area (Å²) in [7, 11) is 0. The van der Waals surface area contributed by atoms with Crippen LogP contribution in [-0.4, -0.2) is 22.7 Å². The number of hydrogen-bond acceptors (Lipinski definition) is 5. The van der Waals surface area contributed by atoms with E-state index in [1.165, 1.54) is 0 Å². The van der Waals surface area contributed by atoms with Gasteiger partial charge in [0.2, 0.25) is 11.7 Å². The van der Waals surface area contributed by atoms with Gasteiger partial charge in [0.1, 0.15) is 5.75 Å². The second-order valence-corrected chi connectivity index (χ2v) is 5.86. The van der Waals surface area contributed by atoms with Crippen molar-refractivity contribution in [1.82, 2.24) is 15.5 Å². The lowest BCUT2D eigenvalue weighted by atomic mass is 10.2. The van der Waals surface area contributed by atoms with Gasteiger partial charge in [0.15, 0.2) is 6.61 Å². The Bertz CT molecular complexity index is 866. The van der Waals surface area contributed by atoms with Crippen LogP contribution in [0.1, 0.15) is 5.89 Å². The van der Waals surface area contributed by atoms with Gasteiger partial charge in [0, 0.05) is 10.6 Å². The van der Waals surface area contributed by atoms with Crippen molar-refractivity contribution >= 4 is 29.1 Å². The summed E-state index contributed by atoms with van der Waals surface area (Å²) in [4.78, 5) is 16.0. The number of ether oxygens (including phenoxy) is 1. The van der Waals surface area contributed by atoms with Crippen LogP contribution in [0.25, 0.3) is 11.4 Å². The zero-order valence-electron chi connectivity index (χ0n) is 12.9. The van der Waals surface area contributed by atoms with Gasteiger partial charge in [-0.2, -0.15) is 4.98 Å². The third-order valence-electron chi connectivity index (χ3n) is 3.20. The summed E-state index contributed by atoms with van der Waals surface area (Å²) in [5.74, 6) is 0.831. The number of aromatic nitrogens is 2. The summed E-state index contributed by atoms with van der Waals surface area (Å²) in [6.07, 6.45) is 0. The van der Waals surface area contributed by atoms with E-state index in [4.69, 9.17) is 32.5 Å². The van der Waals surface area contributed by atoms with Gasteiger partial charge in [-0.05, 0) is 36.4 Å². The first-order valence-corrected chi connectivity index (χ1v) is 8.10. The first-order chi connectivity index (χ1) is 12.1. The highest BCUT2D eigenvalue weighted by molar-refractivity contribution is 6.32. The highest BCUT2D eigenvalue weighted by Gasteiger charge is 2.11. The molecule has 0 saturated heterocycles. The van der Waals surface area contributed by atoms with Gasteiger partial charge in [-0.25, -0.2) is 0 Å². The maximum atomic E-state index is 11.8. The molecule has 0 aliphatic rings. The summed E-state index contributed by atoms with van der Waals surface area (Å²) in [6, 6.07) is 14.0. The van der Waals surface area contributed by atoms with Crippen molar-refractivity contribution in [2.24, 2.45) is 0 Å². The Morgan fingerprint density at radius 2 is 1.88 bits per heavy atom. The molecule has 2 aromatic carbocycles. The minimum atomic E-state index is -0.328. The Balaban J connectivity index is 1.51. The fourth-order valence-electron chi connectivity index (χ4n) is 1.97. The van der Waals surface area contributed by atoms with Gasteiger partial charge in [-0.1, -0.05) is 40.5 Å². The molecule has 0 fully saturated rings. The standard InChI is InChI=1S/C17H13Cl2N3O3/c18-12-7-5-11(6-8-12)17-21-16(25-22-17)9-20-15(23)10-24-14-4-2-1-3-13(14)19/h1-8H,9-10H2,(H,20,23). The molecule has 1 heterocycles. The number of carbonyl (C=O) groups is 1. The maximum absolute atomic E-state index is 11.8. The lowest BCUT2D eigenvalue weighted by Gasteiger charge is -2.07. The van der Waals surface area contributed by atoms with Gasteiger partial charge >= 0.3 is 0 Å². The normalized spacial score (nSPS) is 10.5. The molecule has 128 valence electrons. The molecule has 0 atom stereocenters. The number of rotatable bonds is 6. The highest BCUT2D eigenvalue weighted by atomic mass is 35.5. The van der Waals surface area contributed by atoms with Gasteiger partial charge in [0.05, 0.1) is 11.6 Å². The lowest BCUT2D eigenvalue weighted by Crippen LogP contribution is -2.28. The van der Waals surface area contributed by atoms with E-state index in [-0.39, 0.29) is 24.9 Å².